The molecular weight excluding hydrogens is 868 g/mol. The zero-order chi connectivity index (χ0) is 50.6. The lowest BCUT2D eigenvalue weighted by atomic mass is 9.57. The Labute approximate surface area is 429 Å². The van der Waals surface area contributed by atoms with Gasteiger partial charge in [-0.1, -0.05) is 200 Å². The van der Waals surface area contributed by atoms with Gasteiger partial charge in [0.15, 0.2) is 7.28 Å². The summed E-state index contributed by atoms with van der Waals surface area (Å²) in [6, 6.07) is 52.8. The summed E-state index contributed by atoms with van der Waals surface area (Å²) in [5.41, 5.74) is 31.8. The van der Waals surface area contributed by atoms with Gasteiger partial charge >= 0.3 is 0 Å². The summed E-state index contributed by atoms with van der Waals surface area (Å²) < 4.78 is 2.71. The third-order valence-corrected chi connectivity index (χ3v) is 18.0. The molecule has 0 atom stereocenters. The number of hydrogen-bond donors (Lipinski definition) is 1. The van der Waals surface area contributed by atoms with Gasteiger partial charge in [-0.3, -0.25) is 0 Å². The van der Waals surface area contributed by atoms with Crippen LogP contribution in [0.2, 0.25) is 0 Å². The molecule has 1 aromatic heterocycles. The van der Waals surface area contributed by atoms with E-state index in [2.05, 4.69) is 247 Å². The van der Waals surface area contributed by atoms with Gasteiger partial charge in [-0.2, -0.15) is 0 Å². The molecule has 72 heavy (non-hydrogen) atoms. The SMILES string of the molecule is CC(C)(C)c1ccc(Nc2cc3c(cc2-c2c4c(c5c6cc(C(C)(C)C)ccc6n6c5c2Bc2cc5c(cc2-6)-c2ccccc2C5(C)C)C(C)(C)c2ccccc2-4)-c2ccc(C(C)(C)C)cc2C3(C)C)cc1. The lowest BCUT2D eigenvalue weighted by Gasteiger charge is -2.30. The van der Waals surface area contributed by atoms with E-state index in [1.807, 2.05) is 0 Å². The number of aromatic nitrogens is 1. The van der Waals surface area contributed by atoms with Gasteiger partial charge in [0.1, 0.15) is 0 Å². The van der Waals surface area contributed by atoms with Crippen LogP contribution in [-0.2, 0) is 32.5 Å². The molecule has 0 saturated carbocycles. The Hall–Kier alpha value is -6.58. The number of nitrogens with zero attached hydrogens (tertiary/aromatic N) is 1. The molecule has 0 spiro atoms. The number of anilines is 2. The highest BCUT2D eigenvalue weighted by molar-refractivity contribution is 6.74. The van der Waals surface area contributed by atoms with Gasteiger partial charge in [0.05, 0.1) is 5.52 Å². The summed E-state index contributed by atoms with van der Waals surface area (Å²) in [6.45, 7) is 35.7. The fourth-order valence-corrected chi connectivity index (χ4v) is 13.9. The van der Waals surface area contributed by atoms with Crippen molar-refractivity contribution in [3.05, 3.63) is 184 Å². The maximum Gasteiger partial charge on any atom is 0.198 e. The van der Waals surface area contributed by atoms with Crippen molar-refractivity contribution in [1.82, 2.24) is 4.57 Å². The lowest BCUT2D eigenvalue weighted by Crippen LogP contribution is -2.38. The minimum Gasteiger partial charge on any atom is -0.355 e. The topological polar surface area (TPSA) is 17.0 Å². The molecule has 0 amide bonds. The average molecular weight is 937 g/mol. The molecule has 1 aliphatic heterocycles. The molecule has 8 aromatic carbocycles. The van der Waals surface area contributed by atoms with Gasteiger partial charge in [-0.05, 0) is 153 Å². The number of hydrogen-bond acceptors (Lipinski definition) is 1. The maximum absolute atomic E-state index is 4.17. The molecule has 2 heterocycles. The number of fused-ring (bicyclic) bond motifs is 15. The van der Waals surface area contributed by atoms with Gasteiger partial charge in [-0.25, -0.2) is 0 Å². The van der Waals surface area contributed by atoms with E-state index in [1.54, 1.807) is 0 Å². The number of benzene rings is 8. The van der Waals surface area contributed by atoms with E-state index < -0.39 is 0 Å². The van der Waals surface area contributed by atoms with E-state index in [0.717, 1.165) is 18.7 Å². The number of nitrogens with one attached hydrogen (secondary N) is 1. The van der Waals surface area contributed by atoms with Crippen LogP contribution < -0.4 is 16.2 Å². The Morgan fingerprint density at radius 1 is 0.444 bits per heavy atom. The lowest BCUT2D eigenvalue weighted by molar-refractivity contribution is 0.584. The largest absolute Gasteiger partial charge is 0.355 e. The second kappa shape index (κ2) is 14.3. The highest BCUT2D eigenvalue weighted by Gasteiger charge is 2.45. The smallest absolute Gasteiger partial charge is 0.198 e. The molecule has 0 radical (unpaired) electrons. The molecule has 1 N–H and O–H groups in total. The molecular formula is C69H69BN2. The minimum atomic E-state index is -0.276. The summed E-state index contributed by atoms with van der Waals surface area (Å²) in [5.74, 6) is 0. The first kappa shape index (κ1) is 45.3. The summed E-state index contributed by atoms with van der Waals surface area (Å²) in [7, 11) is 0.826. The molecule has 0 saturated heterocycles. The van der Waals surface area contributed by atoms with Gasteiger partial charge in [0.2, 0.25) is 0 Å². The molecule has 358 valence electrons. The summed E-state index contributed by atoms with van der Waals surface area (Å²) in [5, 5.41) is 6.93. The van der Waals surface area contributed by atoms with E-state index in [0.29, 0.717) is 0 Å². The van der Waals surface area contributed by atoms with Crippen LogP contribution in [0.1, 0.15) is 154 Å². The molecule has 0 unspecified atom stereocenters. The van der Waals surface area contributed by atoms with E-state index >= 15 is 0 Å². The van der Waals surface area contributed by atoms with Gasteiger partial charge in [0, 0.05) is 55.2 Å². The zero-order valence-electron chi connectivity index (χ0n) is 45.4. The first-order valence-corrected chi connectivity index (χ1v) is 26.6. The van der Waals surface area contributed by atoms with Crippen LogP contribution in [0.4, 0.5) is 11.4 Å². The highest BCUT2D eigenvalue weighted by Crippen LogP contribution is 2.60. The van der Waals surface area contributed by atoms with Crippen molar-refractivity contribution in [1.29, 1.82) is 0 Å². The normalized spacial score (nSPS) is 16.2. The Morgan fingerprint density at radius 3 is 1.67 bits per heavy atom. The molecule has 2 nitrogen and oxygen atoms in total. The van der Waals surface area contributed by atoms with Crippen LogP contribution in [0.25, 0.3) is 72.0 Å². The second-order valence-corrected chi connectivity index (χ2v) is 26.7. The zero-order valence-corrected chi connectivity index (χ0v) is 45.4. The molecule has 3 aliphatic carbocycles. The third kappa shape index (κ3) is 6.09. The van der Waals surface area contributed by atoms with Gasteiger partial charge < -0.3 is 9.88 Å². The first-order valence-electron chi connectivity index (χ1n) is 26.6. The van der Waals surface area contributed by atoms with Crippen LogP contribution >= 0.6 is 0 Å². The fraction of sp³-hybridized carbons (Fsp3) is 0.304. The average Bonchev–Trinajstić information content (AvgIpc) is 3.94. The predicted molar refractivity (Wildman–Crippen MR) is 311 cm³/mol. The molecule has 3 heteroatoms. The van der Waals surface area contributed by atoms with Crippen molar-refractivity contribution in [3.63, 3.8) is 0 Å². The van der Waals surface area contributed by atoms with Crippen molar-refractivity contribution in [2.75, 3.05) is 5.32 Å². The van der Waals surface area contributed by atoms with Crippen LogP contribution in [-0.4, -0.2) is 11.8 Å². The van der Waals surface area contributed by atoms with Gasteiger partial charge in [-0.15, -0.1) is 0 Å². The van der Waals surface area contributed by atoms with Crippen LogP contribution in [0.5, 0.6) is 0 Å². The van der Waals surface area contributed by atoms with Crippen LogP contribution in [0.15, 0.2) is 133 Å². The summed E-state index contributed by atoms with van der Waals surface area (Å²) >= 11 is 0. The molecule has 0 fully saturated rings. The van der Waals surface area contributed by atoms with Crippen molar-refractivity contribution < 1.29 is 0 Å². The summed E-state index contributed by atoms with van der Waals surface area (Å²) in [6.07, 6.45) is 0. The summed E-state index contributed by atoms with van der Waals surface area (Å²) in [4.78, 5) is 0. The van der Waals surface area contributed by atoms with Crippen molar-refractivity contribution in [3.8, 4) is 50.2 Å². The quantitative estimate of drug-likeness (QED) is 0.175. The molecule has 4 aliphatic rings. The monoisotopic (exact) mass is 937 g/mol. The van der Waals surface area contributed by atoms with Gasteiger partial charge in [0.25, 0.3) is 0 Å². The van der Waals surface area contributed by atoms with Crippen LogP contribution in [0.3, 0.4) is 0 Å². The van der Waals surface area contributed by atoms with E-state index in [9.17, 15) is 0 Å². The van der Waals surface area contributed by atoms with Crippen molar-refractivity contribution in [2.24, 2.45) is 0 Å². The van der Waals surface area contributed by atoms with E-state index in [-0.39, 0.29) is 32.5 Å². The Kier molecular flexibility index (Phi) is 9.02. The van der Waals surface area contributed by atoms with Crippen molar-refractivity contribution >= 4 is 51.4 Å². The second-order valence-electron chi connectivity index (χ2n) is 26.7. The molecule has 13 rings (SSSR count). The highest BCUT2D eigenvalue weighted by atomic mass is 15.0. The van der Waals surface area contributed by atoms with Crippen molar-refractivity contribution in [2.45, 2.75) is 136 Å². The van der Waals surface area contributed by atoms with E-state index in [1.165, 1.54) is 133 Å². The molecule has 9 aromatic rings. The molecule has 0 bridgehead atoms. The Bertz CT molecular complexity index is 3860. The minimum absolute atomic E-state index is 0.0188. The maximum atomic E-state index is 4.17. The fourth-order valence-electron chi connectivity index (χ4n) is 13.9. The van der Waals surface area contributed by atoms with Crippen LogP contribution in [0, 0.1) is 0 Å². The standard InChI is InChI=1S/C69H69BN2/c1-64(2,3)38-24-28-41(29-25-38)71-55-37-53-45(43-30-26-40(66(7,8)9)33-51(43)68(53,12)13)34-47(55)59-58-44-21-17-19-23-50(44)69(14,15)61(58)60-48-32-39(65(4,5)6)27-31-56(48)72-57-35-46-42-20-16-18-22-49(42)67(10,11)52(46)36-54(57)70-62(59)63(60)72/h16-37,70-71H,1-15H3. The number of rotatable bonds is 3. The third-order valence-electron chi connectivity index (χ3n) is 18.0. The Balaban J connectivity index is 1.19. The van der Waals surface area contributed by atoms with E-state index in [4.69, 9.17) is 0 Å². The Morgan fingerprint density at radius 2 is 0.986 bits per heavy atom. The predicted octanol–water partition coefficient (Wildman–Crippen LogP) is 16.7. The first-order chi connectivity index (χ1) is 33.9.